The number of halogens is 1. The Morgan fingerprint density at radius 3 is 2.55 bits per heavy atom. The third kappa shape index (κ3) is 5.59. The second-order valence-corrected chi connectivity index (χ2v) is 11.0. The van der Waals surface area contributed by atoms with E-state index in [1.54, 1.807) is 18.7 Å². The molecule has 1 amide bonds. The van der Waals surface area contributed by atoms with Crippen molar-refractivity contribution in [3.8, 4) is 17.0 Å². The van der Waals surface area contributed by atoms with Crippen LogP contribution in [-0.4, -0.2) is 37.4 Å². The number of nitrogens with one attached hydrogen (secondary N) is 3. The van der Waals surface area contributed by atoms with Gasteiger partial charge >= 0.3 is 0 Å². The molecule has 0 aliphatic rings. The third-order valence-corrected chi connectivity index (χ3v) is 8.20. The Kier molecular flexibility index (Phi) is 7.23. The number of hydrogen-bond acceptors (Lipinski definition) is 6. The molecule has 3 N–H and O–H groups in total. The van der Waals surface area contributed by atoms with E-state index < -0.39 is 27.8 Å². The molecule has 0 spiro atoms. The van der Waals surface area contributed by atoms with Crippen LogP contribution in [0.3, 0.4) is 0 Å². The maximum atomic E-state index is 13.4. The summed E-state index contributed by atoms with van der Waals surface area (Å²) in [6.07, 6.45) is 1.83. The van der Waals surface area contributed by atoms with Crippen molar-refractivity contribution in [1.82, 2.24) is 14.7 Å². The molecule has 194 valence electrons. The zero-order chi connectivity index (χ0) is 26.7. The number of anilines is 1. The number of para-hydroxylation sites is 1. The molecule has 5 rings (SSSR count). The smallest absolute Gasteiger partial charge is 0.244 e. The molecule has 0 saturated carbocycles. The topological polar surface area (TPSA) is 113 Å². The highest BCUT2D eigenvalue weighted by atomic mass is 32.2. The molecule has 0 fully saturated rings. The molecular formula is C27H23FN4O4S2. The summed E-state index contributed by atoms with van der Waals surface area (Å²) < 4.78 is 47.3. The van der Waals surface area contributed by atoms with Crippen LogP contribution in [0.25, 0.3) is 22.2 Å². The number of hydrogen-bond donors (Lipinski definition) is 3. The molecule has 38 heavy (non-hydrogen) atoms. The Hall–Kier alpha value is -4.06. The summed E-state index contributed by atoms with van der Waals surface area (Å²) in [4.78, 5) is 20.9. The van der Waals surface area contributed by atoms with E-state index >= 15 is 0 Å². The fraction of sp³-hybridized carbons (Fsp3) is 0.111. The molecule has 11 heteroatoms. The minimum Gasteiger partial charge on any atom is -0.497 e. The number of carbonyl (C=O) groups excluding carboxylic acids is 1. The van der Waals surface area contributed by atoms with Gasteiger partial charge in [-0.25, -0.2) is 17.8 Å². The van der Waals surface area contributed by atoms with Crippen molar-refractivity contribution >= 4 is 43.3 Å². The summed E-state index contributed by atoms with van der Waals surface area (Å²) in [7, 11) is -2.55. The Labute approximate surface area is 222 Å². The molecule has 2 aromatic heterocycles. The number of sulfonamides is 1. The molecular weight excluding hydrogens is 527 g/mol. The maximum Gasteiger partial charge on any atom is 0.244 e. The highest BCUT2D eigenvalue weighted by molar-refractivity contribution is 7.89. The standard InChI is InChI=1S/C27H23FN4O4S2/c1-36-20-10-6-17(7-11-20)25-16-37-27(30-25)31-26(33)24(14-18-15-29-23-5-3-2-4-22(18)23)32-38(34,35)21-12-8-19(28)9-13-21/h2-13,15-16,24,29,32H,14H2,1H3,(H,30,31,33). The monoisotopic (exact) mass is 550 g/mol. The van der Waals surface area contributed by atoms with Gasteiger partial charge in [-0.2, -0.15) is 4.72 Å². The zero-order valence-corrected chi connectivity index (χ0v) is 21.8. The SMILES string of the molecule is COc1ccc(-c2csc(NC(=O)C(Cc3c[nH]c4ccccc34)NS(=O)(=O)c3ccc(F)cc3)n2)cc1. The highest BCUT2D eigenvalue weighted by Crippen LogP contribution is 2.27. The average Bonchev–Trinajstić information content (AvgIpc) is 3.56. The molecule has 3 aromatic carbocycles. The number of thiazole rings is 1. The Bertz CT molecular complexity index is 1680. The van der Waals surface area contributed by atoms with Crippen LogP contribution >= 0.6 is 11.3 Å². The van der Waals surface area contributed by atoms with Crippen LogP contribution < -0.4 is 14.8 Å². The Balaban J connectivity index is 1.40. The number of amides is 1. The number of aromatic amines is 1. The molecule has 0 bridgehead atoms. The van der Waals surface area contributed by atoms with Crippen molar-refractivity contribution in [2.24, 2.45) is 0 Å². The zero-order valence-electron chi connectivity index (χ0n) is 20.1. The van der Waals surface area contributed by atoms with E-state index in [9.17, 15) is 17.6 Å². The lowest BCUT2D eigenvalue weighted by Crippen LogP contribution is -2.45. The molecule has 2 heterocycles. The minimum absolute atomic E-state index is 0.0764. The van der Waals surface area contributed by atoms with Crippen molar-refractivity contribution in [3.05, 3.63) is 95.8 Å². The van der Waals surface area contributed by atoms with Crippen molar-refractivity contribution in [3.63, 3.8) is 0 Å². The summed E-state index contributed by atoms with van der Waals surface area (Å²) >= 11 is 1.23. The van der Waals surface area contributed by atoms with Crippen molar-refractivity contribution in [1.29, 1.82) is 0 Å². The maximum absolute atomic E-state index is 13.4. The van der Waals surface area contributed by atoms with Crippen LogP contribution in [0.2, 0.25) is 0 Å². The highest BCUT2D eigenvalue weighted by Gasteiger charge is 2.28. The van der Waals surface area contributed by atoms with E-state index in [1.165, 1.54) is 11.3 Å². The van der Waals surface area contributed by atoms with Crippen LogP contribution in [0.5, 0.6) is 5.75 Å². The average molecular weight is 551 g/mol. The van der Waals surface area contributed by atoms with Crippen LogP contribution in [0.1, 0.15) is 5.56 Å². The van der Waals surface area contributed by atoms with Gasteiger partial charge in [0, 0.05) is 28.0 Å². The molecule has 5 aromatic rings. The van der Waals surface area contributed by atoms with Gasteiger partial charge in [0.1, 0.15) is 17.6 Å². The molecule has 1 atom stereocenters. The fourth-order valence-corrected chi connectivity index (χ4v) is 5.91. The number of ether oxygens (including phenoxy) is 1. The van der Waals surface area contributed by atoms with Crippen LogP contribution in [0.15, 0.2) is 89.3 Å². The number of benzene rings is 3. The summed E-state index contributed by atoms with van der Waals surface area (Å²) in [5.41, 5.74) is 3.13. The summed E-state index contributed by atoms with van der Waals surface area (Å²) in [5, 5.41) is 5.75. The van der Waals surface area contributed by atoms with Crippen LogP contribution in [0, 0.1) is 5.82 Å². The predicted octanol–water partition coefficient (Wildman–Crippen LogP) is 4.97. The van der Waals surface area contributed by atoms with E-state index in [0.717, 1.165) is 46.3 Å². The number of H-pyrrole nitrogens is 1. The van der Waals surface area contributed by atoms with E-state index in [2.05, 4.69) is 20.0 Å². The number of aromatic nitrogens is 2. The predicted molar refractivity (Wildman–Crippen MR) is 145 cm³/mol. The molecule has 0 radical (unpaired) electrons. The molecule has 1 unspecified atom stereocenters. The van der Waals surface area contributed by atoms with E-state index in [4.69, 9.17) is 4.74 Å². The van der Waals surface area contributed by atoms with Gasteiger partial charge in [0.05, 0.1) is 17.7 Å². The normalized spacial score (nSPS) is 12.4. The third-order valence-electron chi connectivity index (χ3n) is 5.96. The first-order valence-corrected chi connectivity index (χ1v) is 13.9. The number of carbonyl (C=O) groups is 1. The summed E-state index contributed by atoms with van der Waals surface area (Å²) in [5.74, 6) is -0.420. The van der Waals surface area contributed by atoms with Gasteiger partial charge in [-0.05, 0) is 66.6 Å². The van der Waals surface area contributed by atoms with E-state index in [1.807, 2.05) is 48.5 Å². The van der Waals surface area contributed by atoms with Gasteiger partial charge in [0.15, 0.2) is 5.13 Å². The van der Waals surface area contributed by atoms with Gasteiger partial charge in [-0.15, -0.1) is 11.3 Å². The molecule has 0 saturated heterocycles. The van der Waals surface area contributed by atoms with Crippen molar-refractivity contribution in [2.45, 2.75) is 17.4 Å². The molecule has 0 aliphatic heterocycles. The number of rotatable bonds is 9. The lowest BCUT2D eigenvalue weighted by Gasteiger charge is -2.18. The second kappa shape index (κ2) is 10.7. The van der Waals surface area contributed by atoms with E-state index in [-0.39, 0.29) is 11.3 Å². The quantitative estimate of drug-likeness (QED) is 0.240. The van der Waals surface area contributed by atoms with Crippen molar-refractivity contribution in [2.75, 3.05) is 12.4 Å². The van der Waals surface area contributed by atoms with Crippen LogP contribution in [0.4, 0.5) is 9.52 Å². The first kappa shape index (κ1) is 25.6. The fourth-order valence-electron chi connectivity index (χ4n) is 4.00. The molecule has 8 nitrogen and oxygen atoms in total. The van der Waals surface area contributed by atoms with Gasteiger partial charge in [0.25, 0.3) is 0 Å². The minimum atomic E-state index is -4.13. The van der Waals surface area contributed by atoms with E-state index in [0.29, 0.717) is 16.6 Å². The largest absolute Gasteiger partial charge is 0.497 e. The van der Waals surface area contributed by atoms with Gasteiger partial charge in [-0.1, -0.05) is 18.2 Å². The van der Waals surface area contributed by atoms with Gasteiger partial charge in [0.2, 0.25) is 15.9 Å². The number of fused-ring (bicyclic) bond motifs is 1. The Morgan fingerprint density at radius 1 is 1.08 bits per heavy atom. The first-order valence-electron chi connectivity index (χ1n) is 11.6. The number of nitrogens with zero attached hydrogens (tertiary/aromatic N) is 1. The number of methoxy groups -OCH3 is 1. The first-order chi connectivity index (χ1) is 18.3. The van der Waals surface area contributed by atoms with Gasteiger partial charge in [-0.3, -0.25) is 4.79 Å². The lowest BCUT2D eigenvalue weighted by molar-refractivity contribution is -0.117. The van der Waals surface area contributed by atoms with Crippen LogP contribution in [-0.2, 0) is 21.2 Å². The second-order valence-electron chi connectivity index (χ2n) is 8.45. The summed E-state index contributed by atoms with van der Waals surface area (Å²) in [6, 6.07) is 18.1. The molecule has 0 aliphatic carbocycles. The lowest BCUT2D eigenvalue weighted by atomic mass is 10.1. The summed E-state index contributed by atoms with van der Waals surface area (Å²) in [6.45, 7) is 0. The Morgan fingerprint density at radius 2 is 1.82 bits per heavy atom. The van der Waals surface area contributed by atoms with Gasteiger partial charge < -0.3 is 15.0 Å². The van der Waals surface area contributed by atoms with Crippen molar-refractivity contribution < 1.29 is 22.3 Å².